The highest BCUT2D eigenvalue weighted by molar-refractivity contribution is 5.05. The summed E-state index contributed by atoms with van der Waals surface area (Å²) in [4.78, 5) is 24.3. The Hall–Kier alpha value is -1.56. The second-order valence-electron chi connectivity index (χ2n) is 4.08. The average Bonchev–Trinajstić information content (AvgIpc) is 2.20. The van der Waals surface area contributed by atoms with Crippen LogP contribution in [-0.2, 0) is 11.3 Å². The fourth-order valence-corrected chi connectivity index (χ4v) is 1.42. The van der Waals surface area contributed by atoms with Gasteiger partial charge in [0.05, 0.1) is 12.2 Å². The average molecular weight is 242 g/mol. The van der Waals surface area contributed by atoms with E-state index >= 15 is 0 Å². The topological polar surface area (TPSA) is 84.3 Å². The summed E-state index contributed by atoms with van der Waals surface area (Å²) >= 11 is 0. The Morgan fingerprint density at radius 2 is 2.12 bits per heavy atom. The first-order valence-corrected chi connectivity index (χ1v) is 5.65. The molecule has 0 bridgehead atoms. The number of aromatic hydroxyl groups is 1. The first kappa shape index (κ1) is 13.5. The zero-order valence-corrected chi connectivity index (χ0v) is 10.1. The maximum Gasteiger partial charge on any atom is 0.331 e. The minimum absolute atomic E-state index is 0.194. The lowest BCUT2D eigenvalue weighted by Gasteiger charge is -2.09. The first-order valence-electron chi connectivity index (χ1n) is 5.65. The maximum absolute atomic E-state index is 11.3. The van der Waals surface area contributed by atoms with Gasteiger partial charge in [0.25, 0.3) is 5.56 Å². The van der Waals surface area contributed by atoms with Crippen molar-refractivity contribution in [2.45, 2.75) is 39.3 Å². The molecule has 0 fully saturated rings. The molecule has 0 radical (unpaired) electrons. The van der Waals surface area contributed by atoms with Crippen LogP contribution in [0.1, 0.15) is 26.7 Å². The number of hydrogen-bond donors (Lipinski definition) is 2. The lowest BCUT2D eigenvalue weighted by atomic mass is 10.3. The van der Waals surface area contributed by atoms with Crippen molar-refractivity contribution in [2.75, 3.05) is 6.61 Å². The van der Waals surface area contributed by atoms with E-state index < -0.39 is 11.2 Å². The summed E-state index contributed by atoms with van der Waals surface area (Å²) in [5.41, 5.74) is -1.17. The van der Waals surface area contributed by atoms with Gasteiger partial charge in [-0.15, -0.1) is 0 Å². The highest BCUT2D eigenvalue weighted by atomic mass is 16.5. The van der Waals surface area contributed by atoms with Crippen molar-refractivity contribution in [3.63, 3.8) is 0 Å². The van der Waals surface area contributed by atoms with Crippen LogP contribution in [0.4, 0.5) is 0 Å². The summed E-state index contributed by atoms with van der Waals surface area (Å²) in [6.45, 7) is 4.90. The molecule has 1 rings (SSSR count). The van der Waals surface area contributed by atoms with E-state index in [0.717, 1.165) is 17.1 Å². The Morgan fingerprint density at radius 3 is 2.71 bits per heavy atom. The predicted octanol–water partition coefficient (Wildman–Crippen LogP) is 0.447. The molecule has 1 heterocycles. The summed E-state index contributed by atoms with van der Waals surface area (Å²) in [7, 11) is 0. The second kappa shape index (κ2) is 6.24. The molecule has 0 saturated heterocycles. The van der Waals surface area contributed by atoms with Crippen molar-refractivity contribution in [3.8, 4) is 5.88 Å². The monoisotopic (exact) mass is 242 g/mol. The van der Waals surface area contributed by atoms with Gasteiger partial charge in [-0.25, -0.2) is 4.79 Å². The van der Waals surface area contributed by atoms with Gasteiger partial charge in [0.2, 0.25) is 5.88 Å². The summed E-state index contributed by atoms with van der Waals surface area (Å²) in [5, 5.41) is 9.43. The van der Waals surface area contributed by atoms with Crippen LogP contribution < -0.4 is 11.2 Å². The molecule has 0 unspecified atom stereocenters. The zero-order valence-electron chi connectivity index (χ0n) is 10.1. The van der Waals surface area contributed by atoms with E-state index in [4.69, 9.17) is 4.74 Å². The molecule has 2 N–H and O–H groups in total. The maximum atomic E-state index is 11.3. The van der Waals surface area contributed by atoms with Crippen LogP contribution in [0.2, 0.25) is 0 Å². The number of ether oxygens (including phenoxy) is 1. The molecule has 0 aliphatic rings. The van der Waals surface area contributed by atoms with Crippen LogP contribution >= 0.6 is 0 Å². The highest BCUT2D eigenvalue weighted by Gasteiger charge is 2.03. The van der Waals surface area contributed by atoms with Crippen molar-refractivity contribution < 1.29 is 9.84 Å². The van der Waals surface area contributed by atoms with Gasteiger partial charge < -0.3 is 9.84 Å². The van der Waals surface area contributed by atoms with Crippen molar-refractivity contribution in [3.05, 3.63) is 26.9 Å². The van der Waals surface area contributed by atoms with E-state index in [0.29, 0.717) is 19.6 Å². The van der Waals surface area contributed by atoms with Crippen molar-refractivity contribution in [1.82, 2.24) is 9.55 Å². The summed E-state index contributed by atoms with van der Waals surface area (Å²) < 4.78 is 6.49. The first-order chi connectivity index (χ1) is 8.00. The normalized spacial score (nSPS) is 11.0. The molecule has 0 aliphatic heterocycles. The fraction of sp³-hybridized carbons (Fsp3) is 0.636. The molecule has 0 atom stereocenters. The van der Waals surface area contributed by atoms with E-state index in [1.54, 1.807) is 0 Å². The molecule has 0 saturated carbocycles. The third-order valence-electron chi connectivity index (χ3n) is 2.24. The second-order valence-corrected chi connectivity index (χ2v) is 4.08. The molecular formula is C11H18N2O4. The van der Waals surface area contributed by atoms with Crippen LogP contribution in [0, 0.1) is 0 Å². The summed E-state index contributed by atoms with van der Waals surface area (Å²) in [6, 6.07) is 0.992. The molecule has 96 valence electrons. The van der Waals surface area contributed by atoms with Gasteiger partial charge in [0.15, 0.2) is 0 Å². The Kier molecular flexibility index (Phi) is 4.96. The van der Waals surface area contributed by atoms with Crippen LogP contribution in [0.3, 0.4) is 0 Å². The van der Waals surface area contributed by atoms with Gasteiger partial charge >= 0.3 is 5.69 Å². The number of nitrogens with one attached hydrogen (secondary N) is 1. The summed E-state index contributed by atoms with van der Waals surface area (Å²) in [5.74, 6) is -0.302. The molecule has 0 aromatic carbocycles. The molecule has 17 heavy (non-hydrogen) atoms. The van der Waals surface area contributed by atoms with Gasteiger partial charge in [-0.05, 0) is 26.7 Å². The smallest absolute Gasteiger partial charge is 0.331 e. The van der Waals surface area contributed by atoms with E-state index in [1.165, 1.54) is 0 Å². The molecule has 0 amide bonds. The van der Waals surface area contributed by atoms with Crippen LogP contribution in [0.25, 0.3) is 0 Å². The molecule has 1 aromatic rings. The third kappa shape index (κ3) is 4.44. The number of nitrogens with zero attached hydrogens (tertiary/aromatic N) is 1. The number of aromatic nitrogens is 2. The van der Waals surface area contributed by atoms with E-state index in [2.05, 4.69) is 4.98 Å². The van der Waals surface area contributed by atoms with Crippen molar-refractivity contribution >= 4 is 0 Å². The zero-order chi connectivity index (χ0) is 12.8. The minimum Gasteiger partial charge on any atom is -0.494 e. The lowest BCUT2D eigenvalue weighted by Crippen LogP contribution is -2.29. The van der Waals surface area contributed by atoms with E-state index in [1.807, 2.05) is 13.8 Å². The Bertz CT molecular complexity index is 461. The van der Waals surface area contributed by atoms with Crippen LogP contribution in [0.5, 0.6) is 5.88 Å². The van der Waals surface area contributed by atoms with Gasteiger partial charge in [-0.1, -0.05) is 0 Å². The Labute approximate surface area is 98.9 Å². The molecule has 1 aromatic heterocycles. The Balaban J connectivity index is 2.47. The highest BCUT2D eigenvalue weighted by Crippen LogP contribution is 2.03. The Morgan fingerprint density at radius 1 is 1.41 bits per heavy atom. The molecule has 0 aliphatic carbocycles. The van der Waals surface area contributed by atoms with Crippen molar-refractivity contribution in [2.24, 2.45) is 0 Å². The van der Waals surface area contributed by atoms with E-state index in [9.17, 15) is 14.7 Å². The molecule has 6 heteroatoms. The van der Waals surface area contributed by atoms with Gasteiger partial charge in [-0.3, -0.25) is 14.3 Å². The fourth-order valence-electron chi connectivity index (χ4n) is 1.42. The molecular weight excluding hydrogens is 224 g/mol. The number of aromatic amines is 1. The number of H-pyrrole nitrogens is 1. The summed E-state index contributed by atoms with van der Waals surface area (Å²) in [6.07, 6.45) is 1.69. The predicted molar refractivity (Wildman–Crippen MR) is 63.3 cm³/mol. The molecule has 6 nitrogen and oxygen atoms in total. The minimum atomic E-state index is -0.591. The van der Waals surface area contributed by atoms with Gasteiger partial charge in [0.1, 0.15) is 0 Å². The number of rotatable bonds is 6. The van der Waals surface area contributed by atoms with Crippen molar-refractivity contribution in [1.29, 1.82) is 0 Å². The quantitative estimate of drug-likeness (QED) is 0.709. The lowest BCUT2D eigenvalue weighted by molar-refractivity contribution is 0.0752. The van der Waals surface area contributed by atoms with Crippen LogP contribution in [-0.4, -0.2) is 27.4 Å². The number of hydrogen-bond acceptors (Lipinski definition) is 4. The number of unbranched alkanes of at least 4 members (excludes halogenated alkanes) is 1. The largest absolute Gasteiger partial charge is 0.494 e. The van der Waals surface area contributed by atoms with Gasteiger partial charge in [0, 0.05) is 13.2 Å². The standard InChI is InChI=1S/C11H18N2O4/c1-8(2)17-6-4-3-5-13-10(15)7-9(14)12-11(13)16/h7-8,15H,3-6H2,1-2H3,(H,12,14,16). The molecule has 0 spiro atoms. The SMILES string of the molecule is CC(C)OCCCCn1c(O)cc(=O)[nH]c1=O. The van der Waals surface area contributed by atoms with E-state index in [-0.39, 0.29) is 12.0 Å². The van der Waals surface area contributed by atoms with Gasteiger partial charge in [-0.2, -0.15) is 0 Å². The third-order valence-corrected chi connectivity index (χ3v) is 2.24. The van der Waals surface area contributed by atoms with Crippen LogP contribution in [0.15, 0.2) is 15.7 Å².